The van der Waals surface area contributed by atoms with E-state index in [0.717, 1.165) is 47.3 Å². The highest BCUT2D eigenvalue weighted by Gasteiger charge is 2.31. The topological polar surface area (TPSA) is 0 Å². The number of hydrogen-bond donors (Lipinski definition) is 0. The van der Waals surface area contributed by atoms with Crippen molar-refractivity contribution in [2.75, 3.05) is 23.0 Å². The van der Waals surface area contributed by atoms with Crippen molar-refractivity contribution in [3.05, 3.63) is 25.4 Å². The molecule has 2 aliphatic rings. The van der Waals surface area contributed by atoms with E-state index in [1.165, 1.54) is 126 Å². The van der Waals surface area contributed by atoms with Gasteiger partial charge in [-0.25, -0.2) is 0 Å². The highest BCUT2D eigenvalue weighted by Crippen LogP contribution is 2.66. The largest absolute Gasteiger partial charge is 0.117 e. The van der Waals surface area contributed by atoms with Gasteiger partial charge in [0.05, 0.1) is 25.4 Å². The van der Waals surface area contributed by atoms with Gasteiger partial charge >= 0.3 is 0 Å². The van der Waals surface area contributed by atoms with Crippen LogP contribution in [0.4, 0.5) is 0 Å². The zero-order valence-electron chi connectivity index (χ0n) is 37.0. The maximum absolute atomic E-state index is 2.49. The van der Waals surface area contributed by atoms with E-state index in [1.807, 2.05) is 0 Å². The van der Waals surface area contributed by atoms with Crippen LogP contribution in [0.3, 0.4) is 0 Å². The molecule has 0 saturated carbocycles. The van der Waals surface area contributed by atoms with E-state index in [2.05, 4.69) is 177 Å². The molecule has 2 rings (SSSR count). The predicted molar refractivity (Wildman–Crippen MR) is 271 cm³/mol. The molecule has 0 aromatic rings. The van der Waals surface area contributed by atoms with Crippen molar-refractivity contribution in [3.8, 4) is 0 Å². The molecule has 0 saturated heterocycles. The molecule has 0 nitrogen and oxygen atoms in total. The van der Waals surface area contributed by atoms with Crippen LogP contribution in [0.5, 0.6) is 0 Å². The van der Waals surface area contributed by atoms with Crippen LogP contribution in [0.15, 0.2) is 25.4 Å². The first kappa shape index (κ1) is 52.2. The van der Waals surface area contributed by atoms with Gasteiger partial charge in [0, 0.05) is 0 Å². The summed E-state index contributed by atoms with van der Waals surface area (Å²) in [5.41, 5.74) is 0. The molecule has 8 heteroatoms. The van der Waals surface area contributed by atoms with Gasteiger partial charge in [-0.15, -0.1) is 47.0 Å². The lowest BCUT2D eigenvalue weighted by molar-refractivity contribution is 0.451. The van der Waals surface area contributed by atoms with Crippen LogP contribution in [-0.2, 0) is 0 Å². The number of rotatable bonds is 32. The van der Waals surface area contributed by atoms with E-state index >= 15 is 0 Å². The molecule has 0 spiro atoms. The molecule has 0 aromatic heterocycles. The van der Waals surface area contributed by atoms with Crippen LogP contribution in [0.1, 0.15) is 186 Å². The summed E-state index contributed by atoms with van der Waals surface area (Å²) in [4.78, 5) is 0. The zero-order valence-corrected chi connectivity index (χ0v) is 43.6. The summed E-state index contributed by atoms with van der Waals surface area (Å²) < 4.78 is 9.57. The summed E-state index contributed by atoms with van der Waals surface area (Å²) in [5.74, 6) is 11.7. The molecule has 316 valence electrons. The van der Waals surface area contributed by atoms with E-state index in [9.17, 15) is 0 Å². The first-order chi connectivity index (χ1) is 25.7. The highest BCUT2D eigenvalue weighted by atomic mass is 32.3. The Balaban J connectivity index is 2.09. The van der Waals surface area contributed by atoms with Crippen molar-refractivity contribution in [2.45, 2.75) is 186 Å². The molecule has 0 aliphatic carbocycles. The molecule has 0 fully saturated rings. The molecule has 0 bridgehead atoms. The molecule has 0 N–H and O–H groups in total. The van der Waals surface area contributed by atoms with Crippen molar-refractivity contribution in [1.82, 2.24) is 0 Å². The highest BCUT2D eigenvalue weighted by molar-refractivity contribution is 8.45. The first-order valence-electron chi connectivity index (χ1n) is 22.2. The van der Waals surface area contributed by atoms with E-state index in [0.29, 0.717) is 0 Å². The Bertz CT molecular complexity index is 926. The molecular formula is C46H84S8. The maximum Gasteiger partial charge on any atom is 0.0717 e. The molecule has 0 radical (unpaired) electrons. The Morgan fingerprint density at radius 1 is 0.296 bits per heavy atom. The third-order valence-corrected chi connectivity index (χ3v) is 22.2. The summed E-state index contributed by atoms with van der Waals surface area (Å²) in [6.07, 6.45) is 22.0. The average Bonchev–Trinajstić information content (AvgIpc) is 3.68. The second-order valence-electron chi connectivity index (χ2n) is 18.4. The lowest BCUT2D eigenvalue weighted by atomic mass is 9.98. The lowest BCUT2D eigenvalue weighted by Crippen LogP contribution is -1.99. The van der Waals surface area contributed by atoms with Gasteiger partial charge in [0.15, 0.2) is 0 Å². The second kappa shape index (κ2) is 31.0. The van der Waals surface area contributed by atoms with E-state index in [-0.39, 0.29) is 0 Å². The first-order valence-corrected chi connectivity index (χ1v) is 29.4. The van der Waals surface area contributed by atoms with Gasteiger partial charge in [-0.3, -0.25) is 0 Å². The summed E-state index contributed by atoms with van der Waals surface area (Å²) in [6, 6.07) is 0. The summed E-state index contributed by atoms with van der Waals surface area (Å²) >= 11 is 17.2. The molecule has 2 aliphatic heterocycles. The van der Waals surface area contributed by atoms with Gasteiger partial charge in [-0.2, -0.15) is 0 Å². The van der Waals surface area contributed by atoms with Gasteiger partial charge in [-0.1, -0.05) is 207 Å². The van der Waals surface area contributed by atoms with Crippen molar-refractivity contribution in [2.24, 2.45) is 47.3 Å². The van der Waals surface area contributed by atoms with Gasteiger partial charge in [0.2, 0.25) is 0 Å². The summed E-state index contributed by atoms with van der Waals surface area (Å²) in [7, 11) is 0. The zero-order chi connectivity index (χ0) is 39.9. The van der Waals surface area contributed by atoms with Crippen LogP contribution in [0, 0.1) is 47.3 Å². The van der Waals surface area contributed by atoms with Crippen molar-refractivity contribution in [1.29, 1.82) is 0 Å². The van der Waals surface area contributed by atoms with Crippen molar-refractivity contribution in [3.63, 3.8) is 0 Å². The van der Waals surface area contributed by atoms with Crippen LogP contribution < -0.4 is 0 Å². The van der Waals surface area contributed by atoms with Gasteiger partial charge in [-0.05, 0) is 96.0 Å². The minimum absolute atomic E-state index is 0.830. The average molecular weight is 894 g/mol. The van der Waals surface area contributed by atoms with Gasteiger partial charge in [0.1, 0.15) is 0 Å². The fourth-order valence-electron chi connectivity index (χ4n) is 6.55. The third kappa shape index (κ3) is 24.9. The molecule has 54 heavy (non-hydrogen) atoms. The number of thioether (sulfide) groups is 8. The smallest absolute Gasteiger partial charge is 0.0717 e. The Kier molecular flexibility index (Phi) is 29.9. The maximum atomic E-state index is 2.49. The minimum atomic E-state index is 0.830. The van der Waals surface area contributed by atoms with E-state index in [4.69, 9.17) is 0 Å². The monoisotopic (exact) mass is 892 g/mol. The SMILES string of the molecule is CC(C)CCC[C@H](C)CCSC1=C(SCC[C@@H](C)CCCC(C)C)SC(=C2SC(SCC[C@@H](C)CCCC(C)C)=C(SCC[C@@H](C)CCCC(C)C)S2)S1. The van der Waals surface area contributed by atoms with E-state index < -0.39 is 0 Å². The minimum Gasteiger partial charge on any atom is -0.117 e. The second-order valence-corrected chi connectivity index (χ2v) is 28.5. The quantitative estimate of drug-likeness (QED) is 0.0647. The Morgan fingerprint density at radius 3 is 0.685 bits per heavy atom. The lowest BCUT2D eigenvalue weighted by Gasteiger charge is -2.13. The fourth-order valence-corrected chi connectivity index (χ4v) is 19.5. The van der Waals surface area contributed by atoms with Crippen LogP contribution in [-0.4, -0.2) is 23.0 Å². The fraction of sp³-hybridized carbons (Fsp3) is 0.870. The van der Waals surface area contributed by atoms with Crippen molar-refractivity contribution < 1.29 is 0 Å². The van der Waals surface area contributed by atoms with Crippen LogP contribution in [0.2, 0.25) is 0 Å². The standard InChI is InChI=1S/C46H84S8/c1-33(2)17-13-21-37(9)25-29-47-41-42(48-30-26-38(10)22-14-18-34(3)4)52-45(51-41)46-53-43(49-31-27-39(11)23-15-19-35(5)6)44(54-46)50-32-28-40(12)24-16-20-36(7)8/h33-40H,13-32H2,1-12H3/t37-,38-,39-,40-/m0/s1. The summed E-state index contributed by atoms with van der Waals surface area (Å²) in [6.45, 7) is 28.9. The predicted octanol–water partition coefficient (Wildman–Crippen LogP) is 19.7. The summed E-state index contributed by atoms with van der Waals surface area (Å²) in [5, 5.41) is 0. The third-order valence-electron chi connectivity index (χ3n) is 10.5. The van der Waals surface area contributed by atoms with Gasteiger partial charge < -0.3 is 0 Å². The normalized spacial score (nSPS) is 17.8. The van der Waals surface area contributed by atoms with Crippen LogP contribution >= 0.6 is 94.1 Å². The van der Waals surface area contributed by atoms with Crippen LogP contribution in [0.25, 0.3) is 0 Å². The molecule has 4 atom stereocenters. The van der Waals surface area contributed by atoms with Gasteiger partial charge in [0.25, 0.3) is 0 Å². The molecule has 0 unspecified atom stereocenters. The molecule has 2 heterocycles. The Morgan fingerprint density at radius 2 is 0.500 bits per heavy atom. The number of hydrogen-bond acceptors (Lipinski definition) is 8. The Labute approximate surface area is 372 Å². The van der Waals surface area contributed by atoms with Crippen molar-refractivity contribution >= 4 is 94.1 Å². The molecule has 0 amide bonds. The molecular weight excluding hydrogens is 809 g/mol. The Hall–Kier alpha value is 2.02. The van der Waals surface area contributed by atoms with E-state index in [1.54, 1.807) is 25.4 Å². The molecule has 0 aromatic carbocycles.